The van der Waals surface area contributed by atoms with Gasteiger partial charge in [0.2, 0.25) is 0 Å². The van der Waals surface area contributed by atoms with Crippen LogP contribution in [0.1, 0.15) is 25.0 Å². The molecule has 0 unspecified atom stereocenters. The summed E-state index contributed by atoms with van der Waals surface area (Å²) >= 11 is 5.04. The minimum absolute atomic E-state index is 0.0284. The van der Waals surface area contributed by atoms with E-state index in [9.17, 15) is 10.1 Å². The van der Waals surface area contributed by atoms with Crippen molar-refractivity contribution in [3.8, 4) is 11.5 Å². The molecule has 0 amide bonds. The number of nitro benzene ring substituents is 1. The molecule has 0 spiro atoms. The van der Waals surface area contributed by atoms with Gasteiger partial charge in [-0.05, 0) is 55.4 Å². The number of ether oxygens (including phenoxy) is 2. The van der Waals surface area contributed by atoms with Gasteiger partial charge in [0.05, 0.1) is 17.7 Å². The van der Waals surface area contributed by atoms with Crippen molar-refractivity contribution in [2.45, 2.75) is 20.5 Å². The molecule has 0 aliphatic carbocycles. The van der Waals surface area contributed by atoms with Crippen LogP contribution in [0.4, 0.5) is 5.69 Å². The first kappa shape index (κ1) is 21.1. The highest BCUT2D eigenvalue weighted by atomic mass is 32.1. The minimum Gasteiger partial charge on any atom is -0.490 e. The van der Waals surface area contributed by atoms with Crippen LogP contribution < -0.4 is 20.2 Å². The predicted octanol–water partition coefficient (Wildman–Crippen LogP) is 3.39. The number of non-ortho nitro benzene ring substituents is 1. The van der Waals surface area contributed by atoms with Crippen molar-refractivity contribution in [1.29, 1.82) is 0 Å². The van der Waals surface area contributed by atoms with Crippen LogP contribution in [0.5, 0.6) is 11.5 Å². The molecule has 2 aromatic rings. The lowest BCUT2D eigenvalue weighted by Gasteiger charge is -2.12. The highest BCUT2D eigenvalue weighted by Crippen LogP contribution is 2.29. The molecule has 0 saturated carbocycles. The highest BCUT2D eigenvalue weighted by molar-refractivity contribution is 7.80. The number of thiocarbonyl (C=S) groups is 1. The zero-order valence-corrected chi connectivity index (χ0v) is 16.5. The van der Waals surface area contributed by atoms with Gasteiger partial charge in [0.25, 0.3) is 5.69 Å². The van der Waals surface area contributed by atoms with Crippen molar-refractivity contribution >= 4 is 29.2 Å². The average Bonchev–Trinajstić information content (AvgIpc) is 2.68. The molecule has 0 fully saturated rings. The maximum atomic E-state index is 10.9. The molecule has 2 aromatic carbocycles. The third kappa shape index (κ3) is 6.51. The Morgan fingerprint density at radius 2 is 2.04 bits per heavy atom. The number of nitrogens with one attached hydrogen (secondary N) is 2. The molecule has 0 atom stereocenters. The summed E-state index contributed by atoms with van der Waals surface area (Å²) in [5.41, 5.74) is 4.25. The number of benzene rings is 2. The van der Waals surface area contributed by atoms with Crippen LogP contribution in [0.25, 0.3) is 0 Å². The van der Waals surface area contributed by atoms with Crippen LogP contribution in [0, 0.1) is 10.1 Å². The Labute approximate surface area is 168 Å². The van der Waals surface area contributed by atoms with E-state index >= 15 is 0 Å². The molecule has 0 aliphatic heterocycles. The second kappa shape index (κ2) is 10.8. The van der Waals surface area contributed by atoms with Crippen LogP contribution in [0.2, 0.25) is 0 Å². The van der Waals surface area contributed by atoms with Gasteiger partial charge in [0.15, 0.2) is 16.6 Å². The second-order valence-electron chi connectivity index (χ2n) is 5.58. The number of nitro groups is 1. The molecule has 8 nitrogen and oxygen atoms in total. The molecule has 0 radical (unpaired) electrons. The smallest absolute Gasteiger partial charge is 0.269 e. The summed E-state index contributed by atoms with van der Waals surface area (Å²) in [7, 11) is 0. The van der Waals surface area contributed by atoms with Gasteiger partial charge in [-0.2, -0.15) is 5.10 Å². The summed E-state index contributed by atoms with van der Waals surface area (Å²) in [5, 5.41) is 18.3. The number of rotatable bonds is 9. The molecule has 0 heterocycles. The third-order valence-electron chi connectivity index (χ3n) is 3.50. The van der Waals surface area contributed by atoms with Gasteiger partial charge in [-0.15, -0.1) is 0 Å². The van der Waals surface area contributed by atoms with Crippen molar-refractivity contribution in [2.24, 2.45) is 5.10 Å². The standard InChI is InChI=1S/C19H22N4O4S/c1-3-20-19(28)22-21-12-14-8-9-17(18(11-14)26-4-2)27-13-15-6-5-7-16(10-15)23(24)25/h5-12H,3-4,13H2,1-2H3,(H2,20,22,28)/b21-12-. The van der Waals surface area contributed by atoms with E-state index in [0.29, 0.717) is 35.3 Å². The lowest BCUT2D eigenvalue weighted by Crippen LogP contribution is -2.31. The molecular weight excluding hydrogens is 380 g/mol. The third-order valence-corrected chi connectivity index (χ3v) is 3.74. The van der Waals surface area contributed by atoms with Crippen LogP contribution in [0.15, 0.2) is 47.6 Å². The van der Waals surface area contributed by atoms with Crippen LogP contribution in [0.3, 0.4) is 0 Å². The van der Waals surface area contributed by atoms with E-state index in [1.165, 1.54) is 12.1 Å². The van der Waals surface area contributed by atoms with Gasteiger partial charge in [0, 0.05) is 18.7 Å². The Morgan fingerprint density at radius 3 is 2.75 bits per heavy atom. The molecule has 0 bridgehead atoms. The second-order valence-corrected chi connectivity index (χ2v) is 5.99. The minimum atomic E-state index is -0.432. The van der Waals surface area contributed by atoms with Crippen molar-refractivity contribution in [2.75, 3.05) is 13.2 Å². The maximum Gasteiger partial charge on any atom is 0.269 e. The molecular formula is C19H22N4O4S. The number of hydrogen-bond donors (Lipinski definition) is 2. The van der Waals surface area contributed by atoms with Crippen LogP contribution in [-0.4, -0.2) is 29.4 Å². The van der Waals surface area contributed by atoms with E-state index < -0.39 is 4.92 Å². The summed E-state index contributed by atoms with van der Waals surface area (Å²) in [4.78, 5) is 10.5. The van der Waals surface area contributed by atoms with E-state index in [1.807, 2.05) is 19.9 Å². The van der Waals surface area contributed by atoms with Gasteiger partial charge in [-0.25, -0.2) is 0 Å². The first-order chi connectivity index (χ1) is 13.5. The topological polar surface area (TPSA) is 98.0 Å². The quantitative estimate of drug-likeness (QED) is 0.287. The summed E-state index contributed by atoms with van der Waals surface area (Å²) < 4.78 is 11.4. The monoisotopic (exact) mass is 402 g/mol. The van der Waals surface area contributed by atoms with Gasteiger partial charge in [0.1, 0.15) is 6.61 Å². The van der Waals surface area contributed by atoms with E-state index in [-0.39, 0.29) is 12.3 Å². The largest absolute Gasteiger partial charge is 0.490 e. The molecule has 0 saturated heterocycles. The highest BCUT2D eigenvalue weighted by Gasteiger charge is 2.09. The van der Waals surface area contributed by atoms with Gasteiger partial charge in [-0.1, -0.05) is 12.1 Å². The first-order valence-electron chi connectivity index (χ1n) is 8.73. The van der Waals surface area contributed by atoms with Gasteiger partial charge >= 0.3 is 0 Å². The Bertz CT molecular complexity index is 858. The SMILES string of the molecule is CCNC(=S)N/N=C\c1ccc(OCc2cccc([N+](=O)[O-])c2)c(OCC)c1. The van der Waals surface area contributed by atoms with Crippen molar-refractivity contribution in [3.05, 3.63) is 63.7 Å². The van der Waals surface area contributed by atoms with E-state index in [4.69, 9.17) is 21.7 Å². The van der Waals surface area contributed by atoms with Crippen LogP contribution in [-0.2, 0) is 6.61 Å². The van der Waals surface area contributed by atoms with Gasteiger partial charge < -0.3 is 14.8 Å². The van der Waals surface area contributed by atoms with E-state index in [2.05, 4.69) is 15.8 Å². The fourth-order valence-corrected chi connectivity index (χ4v) is 2.48. The molecule has 0 aromatic heterocycles. The zero-order valence-electron chi connectivity index (χ0n) is 15.7. The van der Waals surface area contributed by atoms with Crippen molar-refractivity contribution < 1.29 is 14.4 Å². The Morgan fingerprint density at radius 1 is 1.21 bits per heavy atom. The Hall–Kier alpha value is -3.20. The predicted molar refractivity (Wildman–Crippen MR) is 112 cm³/mol. The lowest BCUT2D eigenvalue weighted by molar-refractivity contribution is -0.384. The van der Waals surface area contributed by atoms with Crippen molar-refractivity contribution in [3.63, 3.8) is 0 Å². The Kier molecular flexibility index (Phi) is 8.16. The summed E-state index contributed by atoms with van der Waals surface area (Å²) in [6, 6.07) is 11.7. The van der Waals surface area contributed by atoms with Gasteiger partial charge in [-0.3, -0.25) is 15.5 Å². The summed E-state index contributed by atoms with van der Waals surface area (Å²) in [6.45, 7) is 5.19. The van der Waals surface area contributed by atoms with E-state index in [0.717, 1.165) is 5.56 Å². The van der Waals surface area contributed by atoms with E-state index in [1.54, 1.807) is 30.5 Å². The summed E-state index contributed by atoms with van der Waals surface area (Å²) in [6.07, 6.45) is 1.62. The fourth-order valence-electron chi connectivity index (χ4n) is 2.28. The average molecular weight is 402 g/mol. The zero-order chi connectivity index (χ0) is 20.4. The lowest BCUT2D eigenvalue weighted by atomic mass is 10.2. The molecule has 2 rings (SSSR count). The Balaban J connectivity index is 2.07. The van der Waals surface area contributed by atoms with Crippen molar-refractivity contribution in [1.82, 2.24) is 10.7 Å². The van der Waals surface area contributed by atoms with Crippen LogP contribution >= 0.6 is 12.2 Å². The molecule has 28 heavy (non-hydrogen) atoms. The molecule has 0 aliphatic rings. The molecule has 2 N–H and O–H groups in total. The fraction of sp³-hybridized carbons (Fsp3) is 0.263. The normalized spacial score (nSPS) is 10.5. The number of hydrogen-bond acceptors (Lipinski definition) is 6. The summed E-state index contributed by atoms with van der Waals surface area (Å²) in [5.74, 6) is 1.10. The number of nitrogens with zero attached hydrogens (tertiary/aromatic N) is 2. The molecule has 148 valence electrons. The number of hydrazone groups is 1. The molecule has 9 heteroatoms. The first-order valence-corrected chi connectivity index (χ1v) is 9.14. The maximum absolute atomic E-state index is 10.9.